The second kappa shape index (κ2) is 4.38. The molecule has 0 saturated carbocycles. The van der Waals surface area contributed by atoms with Gasteiger partial charge in [0.25, 0.3) is 5.91 Å². The molecule has 0 aliphatic rings. The molecule has 0 aliphatic heterocycles. The van der Waals surface area contributed by atoms with Crippen molar-refractivity contribution >= 4 is 29.1 Å². The lowest BCUT2D eigenvalue weighted by molar-refractivity contribution is 0.101. The van der Waals surface area contributed by atoms with Crippen molar-refractivity contribution < 1.29 is 9.18 Å². The minimum Gasteiger partial charge on any atom is -0.366 e. The van der Waals surface area contributed by atoms with Crippen molar-refractivity contribution in [3.8, 4) is 0 Å². The quantitative estimate of drug-likeness (QED) is 0.756. The van der Waals surface area contributed by atoms with Gasteiger partial charge in [-0.1, -0.05) is 11.6 Å². The van der Waals surface area contributed by atoms with E-state index >= 15 is 0 Å². The van der Waals surface area contributed by atoms with Crippen LogP contribution >= 0.6 is 11.6 Å². The molecule has 4 N–H and O–H groups in total. The third-order valence-corrected chi connectivity index (χ3v) is 2.20. The van der Waals surface area contributed by atoms with Crippen LogP contribution in [0.5, 0.6) is 0 Å². The Morgan fingerprint density at radius 2 is 2.29 bits per heavy atom. The topological polar surface area (TPSA) is 96.7 Å². The molecule has 0 unspecified atom stereocenters. The van der Waals surface area contributed by atoms with Crippen molar-refractivity contribution in [1.29, 1.82) is 0 Å². The van der Waals surface area contributed by atoms with Crippen molar-refractivity contribution in [3.63, 3.8) is 0 Å². The van der Waals surface area contributed by atoms with Crippen LogP contribution in [0.2, 0.25) is 5.02 Å². The molecule has 8 heteroatoms. The Labute approximate surface area is 100.0 Å². The van der Waals surface area contributed by atoms with Gasteiger partial charge >= 0.3 is 0 Å². The van der Waals surface area contributed by atoms with Crippen molar-refractivity contribution in [2.45, 2.75) is 0 Å². The molecule has 0 radical (unpaired) electrons. The highest BCUT2D eigenvalue weighted by atomic mass is 35.5. The maximum Gasteiger partial charge on any atom is 0.293 e. The van der Waals surface area contributed by atoms with Crippen LogP contribution in [0.25, 0.3) is 0 Å². The van der Waals surface area contributed by atoms with Crippen LogP contribution in [0, 0.1) is 5.82 Å². The van der Waals surface area contributed by atoms with Crippen molar-refractivity contribution in [3.05, 3.63) is 34.9 Å². The summed E-state index contributed by atoms with van der Waals surface area (Å²) < 4.78 is 13.1. The van der Waals surface area contributed by atoms with Crippen LogP contribution in [0.1, 0.15) is 10.6 Å². The highest BCUT2D eigenvalue weighted by Gasteiger charge is 2.11. The molecule has 0 atom stereocenters. The van der Waals surface area contributed by atoms with E-state index in [0.29, 0.717) is 0 Å². The van der Waals surface area contributed by atoms with Crippen LogP contribution in [-0.4, -0.2) is 21.1 Å². The molecule has 1 amide bonds. The zero-order chi connectivity index (χ0) is 12.4. The average molecular weight is 256 g/mol. The Morgan fingerprint density at radius 1 is 1.53 bits per heavy atom. The molecule has 1 aromatic carbocycles. The highest BCUT2D eigenvalue weighted by molar-refractivity contribution is 6.30. The number of halogens is 2. The van der Waals surface area contributed by atoms with E-state index in [1.54, 1.807) is 0 Å². The Kier molecular flexibility index (Phi) is 2.92. The lowest BCUT2D eigenvalue weighted by Crippen LogP contribution is -2.14. The Bertz CT molecular complexity index is 570. The van der Waals surface area contributed by atoms with Crippen LogP contribution in [0.15, 0.2) is 18.2 Å². The third kappa shape index (κ3) is 2.51. The molecule has 6 nitrogen and oxygen atoms in total. The fourth-order valence-corrected chi connectivity index (χ4v) is 1.26. The number of hydrogen-bond donors (Lipinski definition) is 3. The minimum absolute atomic E-state index is 0.0214. The number of benzene rings is 1. The van der Waals surface area contributed by atoms with Gasteiger partial charge in [-0.15, -0.1) is 5.10 Å². The van der Waals surface area contributed by atoms with Crippen molar-refractivity contribution in [2.24, 2.45) is 0 Å². The number of H-pyrrole nitrogens is 1. The molecule has 0 fully saturated rings. The summed E-state index contributed by atoms with van der Waals surface area (Å²) in [7, 11) is 0. The molecule has 1 heterocycles. The van der Waals surface area contributed by atoms with E-state index in [1.165, 1.54) is 12.1 Å². The molecule has 17 heavy (non-hydrogen) atoms. The lowest BCUT2D eigenvalue weighted by Gasteiger charge is -2.03. The number of amides is 1. The smallest absolute Gasteiger partial charge is 0.293 e. The van der Waals surface area contributed by atoms with E-state index in [1.807, 2.05) is 0 Å². The number of rotatable bonds is 2. The highest BCUT2D eigenvalue weighted by Crippen LogP contribution is 2.18. The van der Waals surface area contributed by atoms with E-state index < -0.39 is 11.7 Å². The van der Waals surface area contributed by atoms with Gasteiger partial charge in [0.15, 0.2) is 0 Å². The predicted octanol–water partition coefficient (Wildman–Crippen LogP) is 1.43. The summed E-state index contributed by atoms with van der Waals surface area (Å²) in [6.45, 7) is 0. The molecule has 0 bridgehead atoms. The number of carbonyl (C=O) groups excluding carboxylic acids is 1. The number of aromatic amines is 1. The number of nitrogens with zero attached hydrogens (tertiary/aromatic N) is 2. The summed E-state index contributed by atoms with van der Waals surface area (Å²) in [5, 5.41) is 8.22. The zero-order valence-corrected chi connectivity index (χ0v) is 9.12. The summed E-state index contributed by atoms with van der Waals surface area (Å²) in [5.41, 5.74) is 5.50. The standard InChI is InChI=1S/C9H7ClFN5O/c10-5-2-1-4(3-6(5)11)13-8(17)7-14-9(12)16-15-7/h1-3H,(H,13,17)(H3,12,14,15,16). The maximum atomic E-state index is 13.1. The number of nitrogens with two attached hydrogens (primary N) is 1. The van der Waals surface area contributed by atoms with Crippen molar-refractivity contribution in [2.75, 3.05) is 11.1 Å². The first-order chi connectivity index (χ1) is 8.06. The van der Waals surface area contributed by atoms with Gasteiger partial charge in [-0.25, -0.2) is 4.39 Å². The molecule has 2 aromatic rings. The number of nitrogens with one attached hydrogen (secondary N) is 2. The summed E-state index contributed by atoms with van der Waals surface area (Å²) in [5.74, 6) is -1.30. The van der Waals surface area contributed by atoms with Crippen molar-refractivity contribution in [1.82, 2.24) is 15.2 Å². The van der Waals surface area contributed by atoms with E-state index in [-0.39, 0.29) is 22.5 Å². The molecular formula is C9H7ClFN5O. The number of carbonyl (C=O) groups is 1. The van der Waals surface area contributed by atoms with E-state index in [2.05, 4.69) is 20.5 Å². The summed E-state index contributed by atoms with van der Waals surface area (Å²) >= 11 is 5.50. The summed E-state index contributed by atoms with van der Waals surface area (Å²) in [6.07, 6.45) is 0. The van der Waals surface area contributed by atoms with E-state index in [9.17, 15) is 9.18 Å². The third-order valence-electron chi connectivity index (χ3n) is 1.90. The fraction of sp³-hybridized carbons (Fsp3) is 0. The number of aromatic nitrogens is 3. The lowest BCUT2D eigenvalue weighted by atomic mass is 10.3. The van der Waals surface area contributed by atoms with Gasteiger partial charge < -0.3 is 11.1 Å². The first-order valence-electron chi connectivity index (χ1n) is 4.50. The largest absolute Gasteiger partial charge is 0.366 e. The zero-order valence-electron chi connectivity index (χ0n) is 8.37. The summed E-state index contributed by atoms with van der Waals surface area (Å²) in [4.78, 5) is 15.2. The van der Waals surface area contributed by atoms with Gasteiger partial charge in [0, 0.05) is 5.69 Å². The van der Waals surface area contributed by atoms with Gasteiger partial charge in [0.1, 0.15) is 5.82 Å². The van der Waals surface area contributed by atoms with Gasteiger partial charge in [-0.2, -0.15) is 4.98 Å². The van der Waals surface area contributed by atoms with Gasteiger partial charge in [-0.05, 0) is 18.2 Å². The average Bonchev–Trinajstić information content (AvgIpc) is 2.70. The molecule has 2 rings (SSSR count). The second-order valence-corrected chi connectivity index (χ2v) is 3.53. The van der Waals surface area contributed by atoms with Gasteiger partial charge in [0.2, 0.25) is 11.8 Å². The minimum atomic E-state index is -0.624. The Hall–Kier alpha value is -2.15. The predicted molar refractivity (Wildman–Crippen MR) is 60.2 cm³/mol. The molecule has 0 spiro atoms. The van der Waals surface area contributed by atoms with E-state index in [4.69, 9.17) is 17.3 Å². The Morgan fingerprint density at radius 3 is 2.88 bits per heavy atom. The fourth-order valence-electron chi connectivity index (χ4n) is 1.14. The SMILES string of the molecule is Nc1n[nH]c(C(=O)Nc2ccc(Cl)c(F)c2)n1. The van der Waals surface area contributed by atoms with Crippen LogP contribution < -0.4 is 11.1 Å². The number of nitrogen functional groups attached to an aromatic ring is 1. The van der Waals surface area contributed by atoms with E-state index in [0.717, 1.165) is 6.07 Å². The Balaban J connectivity index is 2.15. The normalized spacial score (nSPS) is 10.2. The van der Waals surface area contributed by atoms with Crippen LogP contribution in [0.4, 0.5) is 16.0 Å². The second-order valence-electron chi connectivity index (χ2n) is 3.13. The first kappa shape index (κ1) is 11.3. The summed E-state index contributed by atoms with van der Waals surface area (Å²) in [6, 6.07) is 3.89. The maximum absolute atomic E-state index is 13.1. The molecular weight excluding hydrogens is 249 g/mol. The van der Waals surface area contributed by atoms with Crippen LogP contribution in [-0.2, 0) is 0 Å². The van der Waals surface area contributed by atoms with Gasteiger partial charge in [-0.3, -0.25) is 9.89 Å². The first-order valence-corrected chi connectivity index (χ1v) is 4.88. The van der Waals surface area contributed by atoms with Gasteiger partial charge in [0.05, 0.1) is 5.02 Å². The molecule has 88 valence electrons. The molecule has 0 saturated heterocycles. The molecule has 1 aromatic heterocycles. The number of hydrogen-bond acceptors (Lipinski definition) is 4. The van der Waals surface area contributed by atoms with Crippen LogP contribution in [0.3, 0.4) is 0 Å². The number of anilines is 2. The molecule has 0 aliphatic carbocycles. The monoisotopic (exact) mass is 255 g/mol.